The van der Waals surface area contributed by atoms with Crippen molar-refractivity contribution in [3.8, 4) is 0 Å². The first kappa shape index (κ1) is 19.8. The number of benzene rings is 1. The van der Waals surface area contributed by atoms with Crippen molar-refractivity contribution in [2.24, 2.45) is 0 Å². The third-order valence-electron chi connectivity index (χ3n) is 4.44. The van der Waals surface area contributed by atoms with E-state index < -0.39 is 17.8 Å². The topological polar surface area (TPSA) is 85.5 Å². The van der Waals surface area contributed by atoms with E-state index in [2.05, 4.69) is 20.8 Å². The highest BCUT2D eigenvalue weighted by Gasteiger charge is 2.36. The van der Waals surface area contributed by atoms with E-state index in [4.69, 9.17) is 23.2 Å². The van der Waals surface area contributed by atoms with Crippen molar-refractivity contribution in [2.75, 3.05) is 13.1 Å². The molecule has 7 nitrogen and oxygen atoms in total. The third-order valence-corrected chi connectivity index (χ3v) is 5.21. The first-order chi connectivity index (χ1) is 13.7. The van der Waals surface area contributed by atoms with Crippen molar-refractivity contribution in [3.63, 3.8) is 0 Å². The van der Waals surface area contributed by atoms with E-state index in [0.29, 0.717) is 40.9 Å². The summed E-state index contributed by atoms with van der Waals surface area (Å²) in [6, 6.07) is 2.61. The fourth-order valence-electron chi connectivity index (χ4n) is 3.03. The van der Waals surface area contributed by atoms with Crippen LogP contribution in [0, 0.1) is 5.82 Å². The van der Waals surface area contributed by atoms with Crippen LogP contribution in [-0.4, -0.2) is 33.2 Å². The lowest BCUT2D eigenvalue weighted by Crippen LogP contribution is -2.92. The van der Waals surface area contributed by atoms with Gasteiger partial charge in [-0.1, -0.05) is 23.2 Å². The first-order valence-corrected chi connectivity index (χ1v) is 9.16. The smallest absolute Gasteiger partial charge is 0.364 e. The summed E-state index contributed by atoms with van der Waals surface area (Å²) in [5.74, 6) is -1.22. The Bertz CT molecular complexity index is 1020. The van der Waals surface area contributed by atoms with E-state index >= 15 is 0 Å². The second-order valence-corrected chi connectivity index (χ2v) is 7.11. The number of nitrogens with two attached hydrogens (primary N) is 1. The summed E-state index contributed by atoms with van der Waals surface area (Å²) in [4.78, 5) is 5.39. The zero-order valence-electron chi connectivity index (χ0n) is 14.5. The van der Waals surface area contributed by atoms with Gasteiger partial charge < -0.3 is 10.2 Å². The number of H-pyrrole nitrogens is 1. The van der Waals surface area contributed by atoms with E-state index in [0.717, 1.165) is 0 Å². The van der Waals surface area contributed by atoms with E-state index in [1.165, 1.54) is 17.6 Å². The molecule has 2 aliphatic rings. The minimum absolute atomic E-state index is 0.0681. The number of quaternary nitrogens is 1. The van der Waals surface area contributed by atoms with Gasteiger partial charge in [-0.25, -0.2) is 15.2 Å². The van der Waals surface area contributed by atoms with Gasteiger partial charge in [0, 0.05) is 36.3 Å². The fraction of sp³-hybridized carbons (Fsp3) is 0.250. The second-order valence-electron chi connectivity index (χ2n) is 6.32. The lowest BCUT2D eigenvalue weighted by molar-refractivity contribution is -0.621. The van der Waals surface area contributed by atoms with Crippen LogP contribution in [0.2, 0.25) is 10.0 Å². The van der Waals surface area contributed by atoms with Gasteiger partial charge in [0.05, 0.1) is 10.7 Å². The molecule has 0 saturated carbocycles. The van der Waals surface area contributed by atoms with E-state index in [9.17, 15) is 17.6 Å². The Morgan fingerprint density at radius 1 is 1.24 bits per heavy atom. The number of aromatic amines is 1. The van der Waals surface area contributed by atoms with Crippen molar-refractivity contribution in [3.05, 3.63) is 62.8 Å². The van der Waals surface area contributed by atoms with Crippen molar-refractivity contribution in [1.82, 2.24) is 30.8 Å². The Morgan fingerprint density at radius 2 is 2.03 bits per heavy atom. The zero-order chi connectivity index (χ0) is 20.8. The highest BCUT2D eigenvalue weighted by Crippen LogP contribution is 2.31. The summed E-state index contributed by atoms with van der Waals surface area (Å²) in [6.07, 6.45) is -2.98. The molecule has 5 N–H and O–H groups in total. The molecular weight excluding hydrogens is 437 g/mol. The molecule has 29 heavy (non-hydrogen) atoms. The fourth-order valence-corrected chi connectivity index (χ4v) is 3.52. The number of allylic oxidation sites excluding steroid dienone is 1. The van der Waals surface area contributed by atoms with E-state index in [1.54, 1.807) is 6.08 Å². The Labute approximate surface area is 171 Å². The molecule has 1 aromatic carbocycles. The average molecular weight is 451 g/mol. The van der Waals surface area contributed by atoms with Gasteiger partial charge in [0.1, 0.15) is 5.82 Å². The van der Waals surface area contributed by atoms with Crippen LogP contribution in [0.1, 0.15) is 17.2 Å². The normalized spacial score (nSPS) is 16.9. The average Bonchev–Trinajstić information content (AvgIpc) is 3.19. The van der Waals surface area contributed by atoms with Crippen molar-refractivity contribution in [2.45, 2.75) is 12.7 Å². The van der Waals surface area contributed by atoms with Gasteiger partial charge in [0.25, 0.3) is 0 Å². The molecule has 4 rings (SSSR count). The Morgan fingerprint density at radius 3 is 2.76 bits per heavy atom. The number of aromatic nitrogens is 3. The number of rotatable bonds is 3. The molecule has 1 aromatic heterocycles. The SMILES string of the molecule is Fc1ccc(Cl)c(CN2CCNC3=C2C=C(c2n[nH]c(C(F)(F)F)n2)[NH2+]N3)c1Cl. The summed E-state index contributed by atoms with van der Waals surface area (Å²) in [7, 11) is 0. The van der Waals surface area contributed by atoms with Gasteiger partial charge in [-0.2, -0.15) is 18.2 Å². The second kappa shape index (κ2) is 7.39. The number of alkyl halides is 3. The monoisotopic (exact) mass is 450 g/mol. The summed E-state index contributed by atoms with van der Waals surface area (Å²) in [5.41, 5.74) is 5.90. The van der Waals surface area contributed by atoms with Crippen LogP contribution in [0.4, 0.5) is 17.6 Å². The van der Waals surface area contributed by atoms with Crippen molar-refractivity contribution < 1.29 is 23.0 Å². The Hall–Kier alpha value is -2.50. The first-order valence-electron chi connectivity index (χ1n) is 8.41. The van der Waals surface area contributed by atoms with Crippen LogP contribution in [0.15, 0.2) is 29.7 Å². The lowest BCUT2D eigenvalue weighted by atomic mass is 10.1. The van der Waals surface area contributed by atoms with Crippen LogP contribution in [-0.2, 0) is 12.7 Å². The minimum atomic E-state index is -4.62. The largest absolute Gasteiger partial charge is 0.451 e. The predicted molar refractivity (Wildman–Crippen MR) is 96.3 cm³/mol. The van der Waals surface area contributed by atoms with Crippen LogP contribution in [0.5, 0.6) is 0 Å². The highest BCUT2D eigenvalue weighted by molar-refractivity contribution is 6.36. The molecule has 0 amide bonds. The third kappa shape index (κ3) is 3.85. The molecule has 0 unspecified atom stereocenters. The molecule has 0 radical (unpaired) electrons. The minimum Gasteiger partial charge on any atom is -0.364 e. The summed E-state index contributed by atoms with van der Waals surface area (Å²) >= 11 is 12.3. The van der Waals surface area contributed by atoms with Gasteiger partial charge in [-0.05, 0) is 12.1 Å². The molecule has 13 heteroatoms. The standard InChI is InChI=1S/C16H13Cl2F4N7/c17-8-1-2-9(19)12(18)7(8)6-29-4-3-23-14-11(29)5-10(25-27-14)13-24-15(28-26-13)16(20,21)22/h1-2,5,23,25,27H,3-4,6H2,(H,24,26,28)/p+1. The molecule has 0 spiro atoms. The van der Waals surface area contributed by atoms with E-state index in [1.807, 2.05) is 10.00 Å². The van der Waals surface area contributed by atoms with Gasteiger partial charge in [-0.15, -0.1) is 5.10 Å². The predicted octanol–water partition coefficient (Wildman–Crippen LogP) is 1.97. The maximum atomic E-state index is 13.9. The van der Waals surface area contributed by atoms with Gasteiger partial charge in [0.15, 0.2) is 5.82 Å². The Kier molecular flexibility index (Phi) is 5.05. The van der Waals surface area contributed by atoms with Crippen LogP contribution in [0.3, 0.4) is 0 Å². The molecule has 0 atom stereocenters. The lowest BCUT2D eigenvalue weighted by Gasteiger charge is -2.34. The molecule has 2 aliphatic heterocycles. The highest BCUT2D eigenvalue weighted by atomic mass is 35.5. The zero-order valence-corrected chi connectivity index (χ0v) is 16.1. The molecule has 2 aromatic rings. The number of nitrogens with zero attached hydrogens (tertiary/aromatic N) is 3. The molecule has 0 aliphatic carbocycles. The molecule has 3 heterocycles. The number of nitrogens with one attached hydrogen (secondary N) is 3. The van der Waals surface area contributed by atoms with Crippen LogP contribution in [0.25, 0.3) is 5.70 Å². The van der Waals surface area contributed by atoms with E-state index in [-0.39, 0.29) is 17.4 Å². The molecule has 154 valence electrons. The Balaban J connectivity index is 1.65. The number of hydrogen-bond acceptors (Lipinski definition) is 5. The van der Waals surface area contributed by atoms with Crippen molar-refractivity contribution >= 4 is 28.9 Å². The summed E-state index contributed by atoms with van der Waals surface area (Å²) < 4.78 is 52.2. The molecular formula is C16H14Cl2F4N7+. The molecule has 0 fully saturated rings. The summed E-state index contributed by atoms with van der Waals surface area (Å²) in [6.45, 7) is 1.34. The molecule has 0 saturated heterocycles. The van der Waals surface area contributed by atoms with Gasteiger partial charge >= 0.3 is 6.18 Å². The van der Waals surface area contributed by atoms with Crippen LogP contribution >= 0.6 is 23.2 Å². The maximum absolute atomic E-state index is 13.9. The maximum Gasteiger partial charge on any atom is 0.451 e. The molecule has 0 bridgehead atoms. The van der Waals surface area contributed by atoms with Gasteiger partial charge in [0.2, 0.25) is 17.3 Å². The van der Waals surface area contributed by atoms with Crippen LogP contribution < -0.4 is 16.2 Å². The number of hydrogen-bond donors (Lipinski definition) is 4. The number of halogens is 6. The van der Waals surface area contributed by atoms with Crippen molar-refractivity contribution in [1.29, 1.82) is 0 Å². The summed E-state index contributed by atoms with van der Waals surface area (Å²) in [5, 5.41) is 8.95. The quantitative estimate of drug-likeness (QED) is 0.326. The van der Waals surface area contributed by atoms with Gasteiger partial charge in [-0.3, -0.25) is 5.10 Å².